The lowest BCUT2D eigenvalue weighted by molar-refractivity contribution is -0.120. The Morgan fingerprint density at radius 3 is 2.12 bits per heavy atom. The number of likely N-dealkylation sites (N-methyl/N-ethyl adjacent to an activating group) is 1. The molecule has 2 aromatic carbocycles. The van der Waals surface area contributed by atoms with Gasteiger partial charge in [-0.05, 0) is 73.0 Å². The molecule has 0 aliphatic carbocycles. The molecule has 1 aromatic heterocycles. The highest BCUT2D eigenvalue weighted by molar-refractivity contribution is 6.45. The van der Waals surface area contributed by atoms with Crippen LogP contribution in [0, 0.1) is 5.82 Å². The van der Waals surface area contributed by atoms with E-state index in [1.165, 1.54) is 17.0 Å². The number of amides is 2. The standard InChI is InChI=1S/C27H27FN4O2/c1-4-31(18-15-19-13-16-29-17-14-19)25-24(20-5-7-21(28)8-6-20)26(33)32(27(25)34)23-11-9-22(10-12-23)30(2)3/h5-14,16-17H,4,15,18H2,1-3H3. The van der Waals surface area contributed by atoms with Crippen molar-refractivity contribution in [1.29, 1.82) is 0 Å². The maximum absolute atomic E-state index is 13.7. The summed E-state index contributed by atoms with van der Waals surface area (Å²) in [5, 5.41) is 0. The van der Waals surface area contributed by atoms with Gasteiger partial charge in [-0.3, -0.25) is 14.6 Å². The highest BCUT2D eigenvalue weighted by Gasteiger charge is 2.42. The van der Waals surface area contributed by atoms with Crippen LogP contribution in [0.2, 0.25) is 0 Å². The van der Waals surface area contributed by atoms with E-state index in [9.17, 15) is 14.0 Å². The molecule has 1 aliphatic rings. The van der Waals surface area contributed by atoms with Crippen molar-refractivity contribution in [3.05, 3.63) is 95.7 Å². The number of carbonyl (C=O) groups excluding carboxylic acids is 2. The Labute approximate surface area is 198 Å². The predicted molar refractivity (Wildman–Crippen MR) is 132 cm³/mol. The molecule has 0 saturated carbocycles. The van der Waals surface area contributed by atoms with Gasteiger partial charge in [0.15, 0.2) is 0 Å². The topological polar surface area (TPSA) is 56.8 Å². The number of imide groups is 1. The fourth-order valence-electron chi connectivity index (χ4n) is 4.06. The third-order valence-electron chi connectivity index (χ3n) is 5.93. The Hall–Kier alpha value is -4.00. The summed E-state index contributed by atoms with van der Waals surface area (Å²) in [6.07, 6.45) is 4.16. The van der Waals surface area contributed by atoms with Crippen molar-refractivity contribution in [1.82, 2.24) is 9.88 Å². The second-order valence-electron chi connectivity index (χ2n) is 8.27. The van der Waals surface area contributed by atoms with E-state index in [-0.39, 0.29) is 5.91 Å². The zero-order chi connectivity index (χ0) is 24.2. The van der Waals surface area contributed by atoms with E-state index in [1.54, 1.807) is 36.7 Å². The molecule has 0 atom stereocenters. The Balaban J connectivity index is 1.73. The number of halogens is 1. The molecule has 4 rings (SSSR count). The van der Waals surface area contributed by atoms with E-state index in [0.717, 1.165) is 11.3 Å². The minimum absolute atomic E-state index is 0.290. The molecule has 7 heteroatoms. The maximum atomic E-state index is 13.7. The number of anilines is 2. The number of hydrogen-bond acceptors (Lipinski definition) is 5. The second-order valence-corrected chi connectivity index (χ2v) is 8.27. The smallest absolute Gasteiger partial charge is 0.282 e. The monoisotopic (exact) mass is 458 g/mol. The zero-order valence-electron chi connectivity index (χ0n) is 19.5. The van der Waals surface area contributed by atoms with Gasteiger partial charge in [-0.2, -0.15) is 0 Å². The SMILES string of the molecule is CCN(CCc1ccncc1)C1=C(c2ccc(F)cc2)C(=O)N(c2ccc(N(C)C)cc2)C1=O. The summed E-state index contributed by atoms with van der Waals surface area (Å²) in [5.74, 6) is -1.19. The molecule has 0 radical (unpaired) electrons. The highest BCUT2D eigenvalue weighted by atomic mass is 19.1. The number of hydrogen-bond donors (Lipinski definition) is 0. The van der Waals surface area contributed by atoms with E-state index in [2.05, 4.69) is 4.98 Å². The molecule has 2 amide bonds. The molecule has 2 heterocycles. The summed E-state index contributed by atoms with van der Waals surface area (Å²) < 4.78 is 13.6. The fourth-order valence-corrected chi connectivity index (χ4v) is 4.06. The first-order chi connectivity index (χ1) is 16.4. The largest absolute Gasteiger partial charge is 0.378 e. The van der Waals surface area contributed by atoms with E-state index < -0.39 is 11.7 Å². The molecule has 0 N–H and O–H groups in total. The average Bonchev–Trinajstić information content (AvgIpc) is 3.10. The normalized spacial score (nSPS) is 13.6. The van der Waals surface area contributed by atoms with Gasteiger partial charge in [0.1, 0.15) is 11.5 Å². The van der Waals surface area contributed by atoms with E-state index in [1.807, 2.05) is 55.1 Å². The summed E-state index contributed by atoms with van der Waals surface area (Å²) in [6, 6.07) is 16.8. The molecule has 0 bridgehead atoms. The molecule has 0 spiro atoms. The summed E-state index contributed by atoms with van der Waals surface area (Å²) >= 11 is 0. The zero-order valence-corrected chi connectivity index (χ0v) is 19.5. The van der Waals surface area contributed by atoms with Crippen molar-refractivity contribution in [3.8, 4) is 0 Å². The molecule has 0 saturated heterocycles. The lowest BCUT2D eigenvalue weighted by Gasteiger charge is -2.25. The van der Waals surface area contributed by atoms with E-state index >= 15 is 0 Å². The van der Waals surface area contributed by atoms with Gasteiger partial charge in [-0.25, -0.2) is 9.29 Å². The first-order valence-corrected chi connectivity index (χ1v) is 11.2. The molecule has 3 aromatic rings. The van der Waals surface area contributed by atoms with E-state index in [0.29, 0.717) is 42.0 Å². The Kier molecular flexibility index (Phi) is 6.72. The van der Waals surface area contributed by atoms with Gasteiger partial charge in [-0.1, -0.05) is 12.1 Å². The van der Waals surface area contributed by atoms with Crippen LogP contribution in [0.1, 0.15) is 18.1 Å². The fraction of sp³-hybridized carbons (Fsp3) is 0.222. The van der Waals surface area contributed by atoms with Crippen molar-refractivity contribution in [3.63, 3.8) is 0 Å². The van der Waals surface area contributed by atoms with Crippen LogP contribution in [-0.4, -0.2) is 48.9 Å². The van der Waals surface area contributed by atoms with Crippen LogP contribution in [0.15, 0.2) is 78.8 Å². The van der Waals surface area contributed by atoms with Gasteiger partial charge in [0.05, 0.1) is 11.3 Å². The van der Waals surface area contributed by atoms with E-state index in [4.69, 9.17) is 0 Å². The minimum Gasteiger partial charge on any atom is -0.378 e. The number of pyridine rings is 1. The summed E-state index contributed by atoms with van der Waals surface area (Å²) in [4.78, 5) is 36.5. The van der Waals surface area contributed by atoms with Gasteiger partial charge < -0.3 is 9.80 Å². The first-order valence-electron chi connectivity index (χ1n) is 11.2. The van der Waals surface area contributed by atoms with Crippen molar-refractivity contribution in [2.24, 2.45) is 0 Å². The van der Waals surface area contributed by atoms with Crippen LogP contribution in [0.3, 0.4) is 0 Å². The lowest BCUT2D eigenvalue weighted by atomic mass is 10.0. The molecule has 1 aliphatic heterocycles. The van der Waals surface area contributed by atoms with Crippen LogP contribution in [0.5, 0.6) is 0 Å². The molecule has 0 unspecified atom stereocenters. The lowest BCUT2D eigenvalue weighted by Crippen LogP contribution is -2.36. The molecule has 6 nitrogen and oxygen atoms in total. The van der Waals surface area contributed by atoms with Crippen LogP contribution in [0.25, 0.3) is 5.57 Å². The maximum Gasteiger partial charge on any atom is 0.282 e. The molecule has 174 valence electrons. The molecular weight excluding hydrogens is 431 g/mol. The van der Waals surface area contributed by atoms with Gasteiger partial charge in [0.2, 0.25) is 0 Å². The number of rotatable bonds is 8. The van der Waals surface area contributed by atoms with Crippen LogP contribution in [-0.2, 0) is 16.0 Å². The third kappa shape index (κ3) is 4.55. The Morgan fingerprint density at radius 2 is 1.53 bits per heavy atom. The molecule has 0 fully saturated rings. The summed E-state index contributed by atoms with van der Waals surface area (Å²) in [7, 11) is 3.85. The van der Waals surface area contributed by atoms with Crippen LogP contribution >= 0.6 is 0 Å². The van der Waals surface area contributed by atoms with Crippen molar-refractivity contribution in [2.75, 3.05) is 37.0 Å². The predicted octanol–water partition coefficient (Wildman–Crippen LogP) is 4.14. The van der Waals surface area contributed by atoms with Crippen molar-refractivity contribution < 1.29 is 14.0 Å². The Bertz CT molecular complexity index is 1210. The van der Waals surface area contributed by atoms with Crippen molar-refractivity contribution >= 4 is 28.8 Å². The quantitative estimate of drug-likeness (QED) is 0.475. The number of benzene rings is 2. The van der Waals surface area contributed by atoms with Gasteiger partial charge in [0.25, 0.3) is 11.8 Å². The van der Waals surface area contributed by atoms with Crippen molar-refractivity contribution in [2.45, 2.75) is 13.3 Å². The third-order valence-corrected chi connectivity index (χ3v) is 5.93. The highest BCUT2D eigenvalue weighted by Crippen LogP contribution is 2.35. The molecule has 34 heavy (non-hydrogen) atoms. The average molecular weight is 459 g/mol. The number of aromatic nitrogens is 1. The second kappa shape index (κ2) is 9.87. The van der Waals surface area contributed by atoms with Gasteiger partial charge in [-0.15, -0.1) is 0 Å². The minimum atomic E-state index is -0.411. The first kappa shape index (κ1) is 23.2. The Morgan fingerprint density at radius 1 is 0.882 bits per heavy atom. The van der Waals surface area contributed by atoms with Gasteiger partial charge in [0, 0.05) is 45.3 Å². The number of nitrogens with zero attached hydrogens (tertiary/aromatic N) is 4. The van der Waals surface area contributed by atoms with Crippen LogP contribution in [0.4, 0.5) is 15.8 Å². The summed E-state index contributed by atoms with van der Waals surface area (Å²) in [6.45, 7) is 3.04. The van der Waals surface area contributed by atoms with Gasteiger partial charge >= 0.3 is 0 Å². The summed E-state index contributed by atoms with van der Waals surface area (Å²) in [5.41, 5.74) is 3.70. The molecular formula is C27H27FN4O2. The van der Waals surface area contributed by atoms with Crippen LogP contribution < -0.4 is 9.80 Å². The number of carbonyl (C=O) groups is 2.